The molecule has 8 heteroatoms. The van der Waals surface area contributed by atoms with Crippen LogP contribution in [0.15, 0.2) is 78.6 Å². The zero-order valence-corrected chi connectivity index (χ0v) is 22.1. The van der Waals surface area contributed by atoms with E-state index in [4.69, 9.17) is 9.47 Å². The van der Waals surface area contributed by atoms with Crippen molar-refractivity contribution in [3.05, 3.63) is 101 Å². The van der Waals surface area contributed by atoms with E-state index in [1.54, 1.807) is 47.6 Å². The molecule has 0 spiro atoms. The summed E-state index contributed by atoms with van der Waals surface area (Å²) >= 11 is 0. The normalized spacial score (nSPS) is 19.4. The van der Waals surface area contributed by atoms with Crippen LogP contribution in [0.2, 0.25) is 0 Å². The summed E-state index contributed by atoms with van der Waals surface area (Å²) in [6.45, 7) is 6.64. The van der Waals surface area contributed by atoms with Gasteiger partial charge in [0.05, 0.1) is 24.8 Å². The van der Waals surface area contributed by atoms with Crippen LogP contribution >= 0.6 is 0 Å². The molecule has 202 valence electrons. The first-order valence-corrected chi connectivity index (χ1v) is 13.3. The van der Waals surface area contributed by atoms with Crippen molar-refractivity contribution in [1.29, 1.82) is 0 Å². The largest absolute Gasteiger partial charge is 0.507 e. The van der Waals surface area contributed by atoms with Crippen molar-refractivity contribution in [3.63, 3.8) is 0 Å². The maximum Gasteiger partial charge on any atom is 0.295 e. The standard InChI is InChI=1S/C31H33N3O5/c1-22-20-25(8-9-26(22)39-21-23-6-3-2-4-7-23)29(35)27-28(24-10-12-32-13-11-24)34(31(37)30(27)36)15-5-14-33-16-18-38-19-17-33/h2-4,6-13,20,28,35H,5,14-19,21H2,1H3. The van der Waals surface area contributed by atoms with Gasteiger partial charge >= 0.3 is 0 Å². The molecule has 8 nitrogen and oxygen atoms in total. The number of aryl methyl sites for hydroxylation is 1. The van der Waals surface area contributed by atoms with Gasteiger partial charge in [0.1, 0.15) is 18.1 Å². The Balaban J connectivity index is 1.40. The number of pyridine rings is 1. The van der Waals surface area contributed by atoms with Gasteiger partial charge in [-0.25, -0.2) is 0 Å². The fourth-order valence-electron chi connectivity index (χ4n) is 5.14. The number of aliphatic hydroxyl groups is 1. The SMILES string of the molecule is Cc1cc(C(O)=C2C(=O)C(=O)N(CCCN3CCOCC3)C2c2ccncc2)ccc1OCc1ccccc1. The number of ketones is 1. The summed E-state index contributed by atoms with van der Waals surface area (Å²) in [5.74, 6) is -0.782. The summed E-state index contributed by atoms with van der Waals surface area (Å²) in [4.78, 5) is 34.5. The second-order valence-electron chi connectivity index (χ2n) is 9.84. The summed E-state index contributed by atoms with van der Waals surface area (Å²) in [6.07, 6.45) is 3.97. The molecule has 0 bridgehead atoms. The quantitative estimate of drug-likeness (QED) is 0.254. The molecular weight excluding hydrogens is 494 g/mol. The van der Waals surface area contributed by atoms with Gasteiger partial charge in [-0.1, -0.05) is 30.3 Å². The number of aliphatic hydroxyl groups excluding tert-OH is 1. The van der Waals surface area contributed by atoms with Crippen molar-refractivity contribution in [3.8, 4) is 5.75 Å². The van der Waals surface area contributed by atoms with E-state index < -0.39 is 17.7 Å². The molecule has 2 aromatic carbocycles. The molecule has 0 saturated carbocycles. The Bertz CT molecular complexity index is 1340. The van der Waals surface area contributed by atoms with Crippen molar-refractivity contribution in [2.45, 2.75) is 26.0 Å². The van der Waals surface area contributed by atoms with E-state index in [0.717, 1.165) is 36.3 Å². The third-order valence-electron chi connectivity index (χ3n) is 7.22. The highest BCUT2D eigenvalue weighted by Crippen LogP contribution is 2.39. The van der Waals surface area contributed by atoms with E-state index in [0.29, 0.717) is 44.1 Å². The molecule has 1 atom stereocenters. The van der Waals surface area contributed by atoms with Crippen LogP contribution in [0.5, 0.6) is 5.75 Å². The van der Waals surface area contributed by atoms with Crippen molar-refractivity contribution in [2.75, 3.05) is 39.4 Å². The number of likely N-dealkylation sites (tertiary alicyclic amines) is 1. The topological polar surface area (TPSA) is 92.2 Å². The van der Waals surface area contributed by atoms with E-state index in [-0.39, 0.29) is 11.3 Å². The average molecular weight is 528 g/mol. The van der Waals surface area contributed by atoms with Crippen LogP contribution < -0.4 is 4.74 Å². The molecule has 1 N–H and O–H groups in total. The van der Waals surface area contributed by atoms with Crippen molar-refractivity contribution in [1.82, 2.24) is 14.8 Å². The first kappa shape index (κ1) is 26.6. The fraction of sp³-hybridized carbons (Fsp3) is 0.323. The predicted molar refractivity (Wildman–Crippen MR) is 147 cm³/mol. The minimum Gasteiger partial charge on any atom is -0.507 e. The molecule has 2 saturated heterocycles. The number of hydrogen-bond acceptors (Lipinski definition) is 7. The molecule has 1 amide bonds. The summed E-state index contributed by atoms with van der Waals surface area (Å²) in [7, 11) is 0. The van der Waals surface area contributed by atoms with Crippen LogP contribution in [-0.2, 0) is 20.9 Å². The van der Waals surface area contributed by atoms with Crippen LogP contribution in [0.4, 0.5) is 0 Å². The number of aromatic nitrogens is 1. The smallest absolute Gasteiger partial charge is 0.295 e. The molecule has 0 radical (unpaired) electrons. The van der Waals surface area contributed by atoms with Crippen LogP contribution in [0, 0.1) is 6.92 Å². The van der Waals surface area contributed by atoms with E-state index >= 15 is 0 Å². The van der Waals surface area contributed by atoms with Crippen molar-refractivity contribution >= 4 is 17.4 Å². The minimum atomic E-state index is -0.688. The van der Waals surface area contributed by atoms with Crippen LogP contribution in [0.25, 0.3) is 5.76 Å². The molecule has 3 aromatic rings. The monoisotopic (exact) mass is 527 g/mol. The number of carbonyl (C=O) groups excluding carboxylic acids is 2. The lowest BCUT2D eigenvalue weighted by Crippen LogP contribution is -2.38. The van der Waals surface area contributed by atoms with Gasteiger partial charge in [0.2, 0.25) is 0 Å². The van der Waals surface area contributed by atoms with Crippen LogP contribution in [-0.4, -0.2) is 71.0 Å². The van der Waals surface area contributed by atoms with Gasteiger partial charge in [0, 0.05) is 44.1 Å². The molecule has 2 aliphatic heterocycles. The van der Waals surface area contributed by atoms with Crippen molar-refractivity contribution < 1.29 is 24.2 Å². The van der Waals surface area contributed by atoms with E-state index in [1.165, 1.54) is 0 Å². The number of morpholine rings is 1. The molecule has 5 rings (SSSR count). The highest BCUT2D eigenvalue weighted by Gasteiger charge is 2.45. The third kappa shape index (κ3) is 6.02. The van der Waals surface area contributed by atoms with E-state index in [1.807, 2.05) is 37.3 Å². The Morgan fingerprint density at radius 3 is 2.49 bits per heavy atom. The van der Waals surface area contributed by atoms with Gasteiger partial charge in [-0.15, -0.1) is 0 Å². The zero-order valence-electron chi connectivity index (χ0n) is 22.1. The second kappa shape index (κ2) is 12.2. The van der Waals surface area contributed by atoms with Crippen molar-refractivity contribution in [2.24, 2.45) is 0 Å². The molecule has 2 aliphatic rings. The number of nitrogens with zero attached hydrogens (tertiary/aromatic N) is 3. The fourth-order valence-corrected chi connectivity index (χ4v) is 5.14. The number of Topliss-reactive ketones (excluding diaryl/α,β-unsaturated/α-hetero) is 1. The number of rotatable bonds is 9. The average Bonchev–Trinajstić information content (AvgIpc) is 3.23. The Morgan fingerprint density at radius 1 is 1.03 bits per heavy atom. The molecule has 0 aliphatic carbocycles. The number of ether oxygens (including phenoxy) is 2. The zero-order chi connectivity index (χ0) is 27.2. The van der Waals surface area contributed by atoms with Gasteiger partial charge in [-0.05, 0) is 60.4 Å². The van der Waals surface area contributed by atoms with Crippen LogP contribution in [0.3, 0.4) is 0 Å². The number of benzene rings is 2. The van der Waals surface area contributed by atoms with Gasteiger partial charge in [0.25, 0.3) is 11.7 Å². The summed E-state index contributed by atoms with van der Waals surface area (Å²) in [6, 6.07) is 18.0. The van der Waals surface area contributed by atoms with Crippen LogP contribution in [0.1, 0.15) is 34.7 Å². The summed E-state index contributed by atoms with van der Waals surface area (Å²) < 4.78 is 11.4. The highest BCUT2D eigenvalue weighted by atomic mass is 16.5. The third-order valence-corrected chi connectivity index (χ3v) is 7.22. The Hall–Kier alpha value is -4.01. The summed E-state index contributed by atoms with van der Waals surface area (Å²) in [5.41, 5.74) is 3.15. The molecule has 3 heterocycles. The molecular formula is C31H33N3O5. The number of hydrogen-bond donors (Lipinski definition) is 1. The number of amides is 1. The molecule has 1 unspecified atom stereocenters. The highest BCUT2D eigenvalue weighted by molar-refractivity contribution is 6.46. The molecule has 2 fully saturated rings. The molecule has 1 aromatic heterocycles. The summed E-state index contributed by atoms with van der Waals surface area (Å²) in [5, 5.41) is 11.4. The van der Waals surface area contributed by atoms with E-state index in [9.17, 15) is 14.7 Å². The first-order valence-electron chi connectivity index (χ1n) is 13.3. The Kier molecular flexibility index (Phi) is 8.34. The molecule has 39 heavy (non-hydrogen) atoms. The van der Waals surface area contributed by atoms with E-state index in [2.05, 4.69) is 9.88 Å². The van der Waals surface area contributed by atoms with Gasteiger partial charge < -0.3 is 19.5 Å². The maximum atomic E-state index is 13.3. The van der Waals surface area contributed by atoms with Gasteiger partial charge in [0.15, 0.2) is 0 Å². The number of carbonyl (C=O) groups is 2. The second-order valence-corrected chi connectivity index (χ2v) is 9.84. The Morgan fingerprint density at radius 2 is 1.77 bits per heavy atom. The first-order chi connectivity index (χ1) is 19.0. The maximum absolute atomic E-state index is 13.3. The minimum absolute atomic E-state index is 0.0925. The lowest BCUT2D eigenvalue weighted by Gasteiger charge is -2.29. The lowest BCUT2D eigenvalue weighted by atomic mass is 9.95. The predicted octanol–water partition coefficient (Wildman–Crippen LogP) is 4.11. The Labute approximate surface area is 228 Å². The van der Waals surface area contributed by atoms with Gasteiger partial charge in [-0.3, -0.25) is 19.5 Å². The lowest BCUT2D eigenvalue weighted by molar-refractivity contribution is -0.140. The van der Waals surface area contributed by atoms with Gasteiger partial charge in [-0.2, -0.15) is 0 Å².